The predicted octanol–water partition coefficient (Wildman–Crippen LogP) is 4.71. The number of phenols is 1. The Morgan fingerprint density at radius 1 is 1.16 bits per heavy atom. The van der Waals surface area contributed by atoms with E-state index < -0.39 is 17.6 Å². The van der Waals surface area contributed by atoms with E-state index in [1.165, 1.54) is 6.07 Å². The smallest absolute Gasteiger partial charge is 0.416 e. The summed E-state index contributed by atoms with van der Waals surface area (Å²) in [5.74, 6) is -0.313. The van der Waals surface area contributed by atoms with Gasteiger partial charge in [0.1, 0.15) is 11.6 Å². The number of fused-ring (bicyclic) bond motifs is 1. The van der Waals surface area contributed by atoms with Gasteiger partial charge in [-0.25, -0.2) is 4.39 Å². The monoisotopic (exact) mass is 452 g/mol. The fourth-order valence-electron chi connectivity index (χ4n) is 4.93. The second-order valence-corrected chi connectivity index (χ2v) is 8.86. The van der Waals surface area contributed by atoms with Gasteiger partial charge in [-0.1, -0.05) is 12.1 Å². The highest BCUT2D eigenvalue weighted by Crippen LogP contribution is 2.40. The van der Waals surface area contributed by atoms with Gasteiger partial charge < -0.3 is 15.6 Å². The summed E-state index contributed by atoms with van der Waals surface area (Å²) in [7, 11) is 0. The van der Waals surface area contributed by atoms with E-state index in [1.807, 2.05) is 24.0 Å². The molecule has 0 amide bonds. The molecule has 2 atom stereocenters. The zero-order valence-electron chi connectivity index (χ0n) is 18.0. The van der Waals surface area contributed by atoms with Crippen LogP contribution in [-0.4, -0.2) is 35.7 Å². The zero-order chi connectivity index (χ0) is 23.0. The predicted molar refractivity (Wildman–Crippen MR) is 113 cm³/mol. The van der Waals surface area contributed by atoms with Crippen LogP contribution >= 0.6 is 0 Å². The Bertz CT molecular complexity index is 971. The maximum atomic E-state index is 13.7. The number of piperidine rings is 1. The number of alkyl halides is 3. The summed E-state index contributed by atoms with van der Waals surface area (Å²) in [5.41, 5.74) is 7.96. The average molecular weight is 452 g/mol. The molecular formula is C24H28F4N2O2. The number of benzene rings is 2. The number of likely N-dealkylation sites (tertiary alicyclic amines) is 1. The standard InChI is InChI=1S/C24H28F4N2O2/c1-14-2-3-19-20(23(14)31)11-21(32-22(19)12-29)16-4-6-30(7-5-16)13-15-8-17(24(26,27)28)10-18(25)9-15/h2-3,8-10,16,21-22,31H,4-7,11-13,29H2,1H3. The summed E-state index contributed by atoms with van der Waals surface area (Å²) in [4.78, 5) is 2.05. The minimum absolute atomic E-state index is 0.0723. The maximum absolute atomic E-state index is 13.7. The lowest BCUT2D eigenvalue weighted by Gasteiger charge is -2.40. The topological polar surface area (TPSA) is 58.7 Å². The molecule has 2 aromatic carbocycles. The summed E-state index contributed by atoms with van der Waals surface area (Å²) in [6, 6.07) is 6.55. The van der Waals surface area contributed by atoms with Gasteiger partial charge in [0.05, 0.1) is 17.8 Å². The average Bonchev–Trinajstić information content (AvgIpc) is 2.75. The van der Waals surface area contributed by atoms with Crippen molar-refractivity contribution < 1.29 is 27.4 Å². The lowest BCUT2D eigenvalue weighted by molar-refractivity contribution is -0.137. The van der Waals surface area contributed by atoms with Crippen molar-refractivity contribution >= 4 is 0 Å². The molecule has 8 heteroatoms. The molecule has 2 aliphatic heterocycles. The van der Waals surface area contributed by atoms with E-state index in [9.17, 15) is 22.7 Å². The van der Waals surface area contributed by atoms with Crippen LogP contribution in [0.3, 0.4) is 0 Å². The Hall–Kier alpha value is -2.16. The number of phenolic OH excluding ortho intramolecular Hbond substituents is 1. The fourth-order valence-corrected chi connectivity index (χ4v) is 4.93. The van der Waals surface area contributed by atoms with E-state index in [0.717, 1.165) is 35.6 Å². The number of aromatic hydroxyl groups is 1. The summed E-state index contributed by atoms with van der Waals surface area (Å²) in [6.07, 6.45) is -2.67. The van der Waals surface area contributed by atoms with Crippen LogP contribution < -0.4 is 5.73 Å². The van der Waals surface area contributed by atoms with Crippen LogP contribution in [0.4, 0.5) is 17.6 Å². The van der Waals surface area contributed by atoms with Gasteiger partial charge in [0.2, 0.25) is 0 Å². The Kier molecular flexibility index (Phi) is 6.47. The van der Waals surface area contributed by atoms with E-state index in [0.29, 0.717) is 43.4 Å². The quantitative estimate of drug-likeness (QED) is 0.660. The van der Waals surface area contributed by atoms with E-state index in [1.54, 1.807) is 0 Å². The second-order valence-electron chi connectivity index (χ2n) is 8.86. The highest BCUT2D eigenvalue weighted by Gasteiger charge is 2.36. The first-order chi connectivity index (χ1) is 15.2. The maximum Gasteiger partial charge on any atom is 0.416 e. The van der Waals surface area contributed by atoms with Crippen molar-refractivity contribution in [1.29, 1.82) is 0 Å². The lowest BCUT2D eigenvalue weighted by Crippen LogP contribution is -2.42. The summed E-state index contributed by atoms with van der Waals surface area (Å²) in [5, 5.41) is 10.6. The zero-order valence-corrected chi connectivity index (χ0v) is 18.0. The number of halogens is 4. The Morgan fingerprint density at radius 3 is 2.53 bits per heavy atom. The molecule has 0 aromatic heterocycles. The van der Waals surface area contributed by atoms with Crippen molar-refractivity contribution in [3.8, 4) is 5.75 Å². The molecule has 2 aliphatic rings. The van der Waals surface area contributed by atoms with Gasteiger partial charge >= 0.3 is 6.18 Å². The van der Waals surface area contributed by atoms with Crippen LogP contribution in [0.5, 0.6) is 5.75 Å². The van der Waals surface area contributed by atoms with Crippen molar-refractivity contribution in [3.63, 3.8) is 0 Å². The first-order valence-corrected chi connectivity index (χ1v) is 10.9. The van der Waals surface area contributed by atoms with Crippen molar-refractivity contribution in [3.05, 3.63) is 64.0 Å². The van der Waals surface area contributed by atoms with E-state index in [-0.39, 0.29) is 24.7 Å². The SMILES string of the molecule is Cc1ccc2c(c1O)CC(C1CCN(Cc3cc(F)cc(C(F)(F)F)c3)CC1)OC2CN. The third kappa shape index (κ3) is 4.77. The number of rotatable bonds is 4. The lowest BCUT2D eigenvalue weighted by atomic mass is 9.83. The molecule has 2 unspecified atom stereocenters. The fraction of sp³-hybridized carbons (Fsp3) is 0.500. The van der Waals surface area contributed by atoms with Crippen LogP contribution in [0.25, 0.3) is 0 Å². The first-order valence-electron chi connectivity index (χ1n) is 10.9. The number of ether oxygens (including phenoxy) is 1. The number of nitrogens with zero attached hydrogens (tertiary/aromatic N) is 1. The number of aryl methyl sites for hydroxylation is 1. The molecule has 0 aliphatic carbocycles. The molecule has 4 nitrogen and oxygen atoms in total. The molecule has 32 heavy (non-hydrogen) atoms. The summed E-state index contributed by atoms with van der Waals surface area (Å²) < 4.78 is 58.9. The van der Waals surface area contributed by atoms with Crippen molar-refractivity contribution in [2.24, 2.45) is 11.7 Å². The van der Waals surface area contributed by atoms with Crippen molar-refractivity contribution in [2.45, 2.75) is 51.1 Å². The van der Waals surface area contributed by atoms with Gasteiger partial charge in [-0.2, -0.15) is 13.2 Å². The Balaban J connectivity index is 1.41. The van der Waals surface area contributed by atoms with Gasteiger partial charge in [0.15, 0.2) is 0 Å². The molecular weight excluding hydrogens is 424 g/mol. The van der Waals surface area contributed by atoms with Crippen molar-refractivity contribution in [2.75, 3.05) is 19.6 Å². The number of hydrogen-bond acceptors (Lipinski definition) is 4. The largest absolute Gasteiger partial charge is 0.507 e. The molecule has 0 saturated carbocycles. The van der Waals surface area contributed by atoms with Crippen LogP contribution in [-0.2, 0) is 23.9 Å². The summed E-state index contributed by atoms with van der Waals surface area (Å²) >= 11 is 0. The molecule has 2 heterocycles. The van der Waals surface area contributed by atoms with Crippen LogP contribution in [0, 0.1) is 18.7 Å². The molecule has 174 valence electrons. The van der Waals surface area contributed by atoms with Gasteiger partial charge in [0, 0.05) is 25.1 Å². The highest BCUT2D eigenvalue weighted by molar-refractivity contribution is 5.47. The van der Waals surface area contributed by atoms with Crippen LogP contribution in [0.2, 0.25) is 0 Å². The molecule has 3 N–H and O–H groups in total. The van der Waals surface area contributed by atoms with E-state index in [2.05, 4.69) is 0 Å². The molecule has 0 radical (unpaired) electrons. The molecule has 4 rings (SSSR count). The van der Waals surface area contributed by atoms with E-state index >= 15 is 0 Å². The van der Waals surface area contributed by atoms with Crippen molar-refractivity contribution in [1.82, 2.24) is 4.90 Å². The molecule has 2 aromatic rings. The molecule has 0 spiro atoms. The van der Waals surface area contributed by atoms with Gasteiger partial charge in [-0.05, 0) is 73.7 Å². The molecule has 1 fully saturated rings. The normalized spacial score (nSPS) is 22.7. The third-order valence-corrected chi connectivity index (χ3v) is 6.68. The van der Waals surface area contributed by atoms with Gasteiger partial charge in [-0.15, -0.1) is 0 Å². The second kappa shape index (κ2) is 9.00. The van der Waals surface area contributed by atoms with Crippen LogP contribution in [0.1, 0.15) is 46.8 Å². The van der Waals surface area contributed by atoms with E-state index in [4.69, 9.17) is 10.5 Å². The Morgan fingerprint density at radius 2 is 1.88 bits per heavy atom. The first kappa shape index (κ1) is 23.0. The minimum Gasteiger partial charge on any atom is -0.507 e. The summed E-state index contributed by atoms with van der Waals surface area (Å²) in [6.45, 7) is 3.83. The highest BCUT2D eigenvalue weighted by atomic mass is 19.4. The minimum atomic E-state index is -4.57. The number of hydrogen-bond donors (Lipinski definition) is 2. The number of nitrogens with two attached hydrogens (primary N) is 1. The molecule has 1 saturated heterocycles. The molecule has 0 bridgehead atoms. The third-order valence-electron chi connectivity index (χ3n) is 6.68. The Labute approximate surface area is 185 Å². The van der Waals surface area contributed by atoms with Crippen LogP contribution in [0.15, 0.2) is 30.3 Å². The van der Waals surface area contributed by atoms with Gasteiger partial charge in [0.25, 0.3) is 0 Å². The van der Waals surface area contributed by atoms with Gasteiger partial charge in [-0.3, -0.25) is 4.90 Å².